The Labute approximate surface area is 197 Å². The molecule has 0 aliphatic carbocycles. The molecule has 0 spiro atoms. The van der Waals surface area contributed by atoms with Crippen LogP contribution in [0.4, 0.5) is 5.69 Å². The highest BCUT2D eigenvalue weighted by molar-refractivity contribution is 9.10. The summed E-state index contributed by atoms with van der Waals surface area (Å²) in [5, 5.41) is 0.393. The van der Waals surface area contributed by atoms with Gasteiger partial charge in [-0.3, -0.25) is 9.69 Å². The van der Waals surface area contributed by atoms with Gasteiger partial charge in [-0.1, -0.05) is 41.5 Å². The number of carbonyl (C=O) groups excluding carboxylic acids is 1. The number of ether oxygens (including phenoxy) is 3. The molecule has 30 heavy (non-hydrogen) atoms. The second-order valence-electron chi connectivity index (χ2n) is 5.86. The zero-order chi connectivity index (χ0) is 21.8. The predicted molar refractivity (Wildman–Crippen MR) is 129 cm³/mol. The fourth-order valence-electron chi connectivity index (χ4n) is 2.71. The molecule has 5 nitrogen and oxygen atoms in total. The number of terminal acetylenes is 1. The molecule has 154 valence electrons. The monoisotopic (exact) mass is 523 g/mol. The van der Waals surface area contributed by atoms with Crippen LogP contribution >= 0.6 is 51.5 Å². The average molecular weight is 525 g/mol. The summed E-state index contributed by atoms with van der Waals surface area (Å²) in [7, 11) is 3.06. The van der Waals surface area contributed by atoms with Gasteiger partial charge in [0.2, 0.25) is 0 Å². The predicted octanol–water partition coefficient (Wildman–Crippen LogP) is 5.54. The van der Waals surface area contributed by atoms with Gasteiger partial charge in [0.1, 0.15) is 12.4 Å². The molecule has 0 aromatic heterocycles. The van der Waals surface area contributed by atoms with E-state index in [1.165, 1.54) is 30.9 Å². The number of methoxy groups -OCH3 is 2. The van der Waals surface area contributed by atoms with Gasteiger partial charge in [-0.2, -0.15) is 0 Å². The molecule has 1 heterocycles. The first-order valence-corrected chi connectivity index (χ1v) is 10.8. The molecule has 1 amide bonds. The van der Waals surface area contributed by atoms with Gasteiger partial charge in [-0.05, 0) is 57.9 Å². The summed E-state index contributed by atoms with van der Waals surface area (Å²) in [4.78, 5) is 14.9. The van der Waals surface area contributed by atoms with Crippen molar-refractivity contribution in [3.63, 3.8) is 0 Å². The lowest BCUT2D eigenvalue weighted by Gasteiger charge is -2.15. The SMILES string of the molecule is C#CCOc1c(Br)cc(/C=C2\SC(=S)N(c3ccc(OC)c(Cl)c3)C2=O)cc1OC. The molecular weight excluding hydrogens is 510 g/mol. The Morgan fingerprint density at radius 3 is 2.63 bits per heavy atom. The molecule has 2 aromatic carbocycles. The number of hydrogen-bond acceptors (Lipinski definition) is 6. The minimum Gasteiger partial charge on any atom is -0.495 e. The van der Waals surface area contributed by atoms with E-state index < -0.39 is 0 Å². The third-order valence-electron chi connectivity index (χ3n) is 4.04. The molecule has 3 rings (SSSR count). The first-order chi connectivity index (χ1) is 14.4. The van der Waals surface area contributed by atoms with Crippen LogP contribution < -0.4 is 19.1 Å². The summed E-state index contributed by atoms with van der Waals surface area (Å²) in [6.45, 7) is 0.109. The number of nitrogens with zero attached hydrogens (tertiary/aromatic N) is 1. The van der Waals surface area contributed by atoms with E-state index in [2.05, 4.69) is 21.9 Å². The minimum atomic E-state index is -0.242. The molecule has 1 saturated heterocycles. The number of halogens is 2. The number of carbonyl (C=O) groups is 1. The second kappa shape index (κ2) is 9.75. The standard InChI is InChI=1S/C21H15BrClNO4S2/c1-4-7-28-19-14(22)8-12(9-17(19)27-3)10-18-20(25)24(21(29)30-18)13-5-6-16(26-2)15(23)11-13/h1,5-6,8-11H,7H2,2-3H3/b18-10-. The van der Waals surface area contributed by atoms with E-state index in [0.717, 1.165) is 5.56 Å². The summed E-state index contributed by atoms with van der Waals surface area (Å²) >= 11 is 16.3. The largest absolute Gasteiger partial charge is 0.495 e. The van der Waals surface area contributed by atoms with Gasteiger partial charge in [0, 0.05) is 0 Å². The lowest BCUT2D eigenvalue weighted by Crippen LogP contribution is -2.27. The van der Waals surface area contributed by atoms with Crippen molar-refractivity contribution in [3.05, 3.63) is 50.3 Å². The maximum Gasteiger partial charge on any atom is 0.270 e. The number of anilines is 1. The second-order valence-corrected chi connectivity index (χ2v) is 8.80. The van der Waals surface area contributed by atoms with Crippen LogP contribution in [0.5, 0.6) is 17.2 Å². The van der Waals surface area contributed by atoms with E-state index in [0.29, 0.717) is 41.7 Å². The summed E-state index contributed by atoms with van der Waals surface area (Å²) in [6.07, 6.45) is 7.00. The average Bonchev–Trinajstić information content (AvgIpc) is 2.99. The summed E-state index contributed by atoms with van der Waals surface area (Å²) in [5.74, 6) is 3.67. The Hall–Kier alpha value is -2.18. The minimum absolute atomic E-state index is 0.109. The van der Waals surface area contributed by atoms with Crippen molar-refractivity contribution < 1.29 is 19.0 Å². The molecule has 0 radical (unpaired) electrons. The van der Waals surface area contributed by atoms with Gasteiger partial charge in [-0.25, -0.2) is 0 Å². The molecule has 0 bridgehead atoms. The van der Waals surface area contributed by atoms with E-state index in [4.69, 9.17) is 44.5 Å². The quantitative estimate of drug-likeness (QED) is 0.281. The summed E-state index contributed by atoms with van der Waals surface area (Å²) < 4.78 is 17.1. The molecule has 1 fully saturated rings. The van der Waals surface area contributed by atoms with Crippen molar-refractivity contribution >= 4 is 73.5 Å². The smallest absolute Gasteiger partial charge is 0.270 e. The van der Waals surface area contributed by atoms with Gasteiger partial charge in [0.05, 0.1) is 34.3 Å². The fraction of sp³-hybridized carbons (Fsp3) is 0.143. The lowest BCUT2D eigenvalue weighted by molar-refractivity contribution is -0.113. The zero-order valence-electron chi connectivity index (χ0n) is 15.9. The summed E-state index contributed by atoms with van der Waals surface area (Å²) in [5.41, 5.74) is 1.31. The Bertz CT molecular complexity index is 1100. The van der Waals surface area contributed by atoms with Crippen LogP contribution in [0.2, 0.25) is 5.02 Å². The Morgan fingerprint density at radius 1 is 1.27 bits per heavy atom. The fourth-order valence-corrected chi connectivity index (χ4v) is 4.84. The molecular formula is C21H15BrClNO4S2. The molecule has 0 unspecified atom stereocenters. The van der Waals surface area contributed by atoms with E-state index in [-0.39, 0.29) is 12.5 Å². The van der Waals surface area contributed by atoms with E-state index in [9.17, 15) is 4.79 Å². The van der Waals surface area contributed by atoms with Crippen LogP contribution in [0.25, 0.3) is 6.08 Å². The van der Waals surface area contributed by atoms with Crippen LogP contribution in [-0.2, 0) is 4.79 Å². The lowest BCUT2D eigenvalue weighted by atomic mass is 10.1. The van der Waals surface area contributed by atoms with Crippen molar-refractivity contribution in [1.29, 1.82) is 0 Å². The number of thioether (sulfide) groups is 1. The maximum atomic E-state index is 13.0. The zero-order valence-corrected chi connectivity index (χ0v) is 19.9. The van der Waals surface area contributed by atoms with Gasteiger partial charge >= 0.3 is 0 Å². The molecule has 9 heteroatoms. The molecule has 1 aliphatic heterocycles. The van der Waals surface area contributed by atoms with Crippen LogP contribution in [-0.4, -0.2) is 31.1 Å². The Morgan fingerprint density at radius 2 is 2.00 bits per heavy atom. The van der Waals surface area contributed by atoms with Gasteiger partial charge in [0.25, 0.3) is 5.91 Å². The topological polar surface area (TPSA) is 48.0 Å². The van der Waals surface area contributed by atoms with Crippen molar-refractivity contribution in [3.8, 4) is 29.6 Å². The van der Waals surface area contributed by atoms with Crippen molar-refractivity contribution in [2.45, 2.75) is 0 Å². The summed E-state index contributed by atoms with van der Waals surface area (Å²) in [6, 6.07) is 8.64. The number of amides is 1. The maximum absolute atomic E-state index is 13.0. The number of benzene rings is 2. The van der Waals surface area contributed by atoms with Gasteiger partial charge in [-0.15, -0.1) is 6.42 Å². The highest BCUT2D eigenvalue weighted by atomic mass is 79.9. The van der Waals surface area contributed by atoms with Gasteiger partial charge < -0.3 is 14.2 Å². The van der Waals surface area contributed by atoms with Crippen molar-refractivity contribution in [2.24, 2.45) is 0 Å². The third kappa shape index (κ3) is 4.60. The number of rotatable bonds is 6. The van der Waals surface area contributed by atoms with Crippen molar-refractivity contribution in [2.75, 3.05) is 25.7 Å². The number of thiocarbonyl (C=S) groups is 1. The normalized spacial score (nSPS) is 14.8. The van der Waals surface area contributed by atoms with Crippen LogP contribution in [0, 0.1) is 12.3 Å². The van der Waals surface area contributed by atoms with Crippen LogP contribution in [0.15, 0.2) is 39.7 Å². The third-order valence-corrected chi connectivity index (χ3v) is 6.22. The highest BCUT2D eigenvalue weighted by Crippen LogP contribution is 2.41. The molecule has 0 saturated carbocycles. The Balaban J connectivity index is 1.93. The van der Waals surface area contributed by atoms with E-state index in [1.54, 1.807) is 30.3 Å². The molecule has 0 N–H and O–H groups in total. The molecule has 2 aromatic rings. The van der Waals surface area contributed by atoms with Crippen LogP contribution in [0.1, 0.15) is 5.56 Å². The van der Waals surface area contributed by atoms with Gasteiger partial charge in [0.15, 0.2) is 15.8 Å². The first kappa shape index (κ1) is 22.5. The highest BCUT2D eigenvalue weighted by Gasteiger charge is 2.33. The first-order valence-electron chi connectivity index (χ1n) is 8.45. The number of hydrogen-bond donors (Lipinski definition) is 0. The van der Waals surface area contributed by atoms with Crippen LogP contribution in [0.3, 0.4) is 0 Å². The molecule has 0 atom stereocenters. The van der Waals surface area contributed by atoms with Crippen molar-refractivity contribution in [1.82, 2.24) is 0 Å². The van der Waals surface area contributed by atoms with E-state index in [1.807, 2.05) is 6.07 Å². The molecule has 1 aliphatic rings. The van der Waals surface area contributed by atoms with E-state index >= 15 is 0 Å². The Kier molecular flexibility index (Phi) is 7.32.